The van der Waals surface area contributed by atoms with E-state index >= 15 is 0 Å². The monoisotopic (exact) mass is 1060 g/mol. The van der Waals surface area contributed by atoms with Crippen LogP contribution in [0.3, 0.4) is 0 Å². The fraction of sp³-hybridized carbons (Fsp3) is 0. The van der Waals surface area contributed by atoms with Gasteiger partial charge in [-0.05, 0) is 126 Å². The average molecular weight is 1060 g/mol. The Hall–Kier alpha value is -8.47. The summed E-state index contributed by atoms with van der Waals surface area (Å²) in [5.41, 5.74) is 6.55. The first-order chi connectivity index (χ1) is 34.4. The van der Waals surface area contributed by atoms with Crippen LogP contribution in [-0.4, -0.2) is 62.9 Å². The first kappa shape index (κ1) is 49.5. The highest BCUT2D eigenvalue weighted by molar-refractivity contribution is 7.86. The highest BCUT2D eigenvalue weighted by atomic mass is 32.2. The van der Waals surface area contributed by atoms with Crippen molar-refractivity contribution in [2.75, 3.05) is 11.1 Å². The lowest BCUT2D eigenvalue weighted by Crippen LogP contribution is -2.11. The molecule has 73 heavy (non-hydrogen) atoms. The van der Waals surface area contributed by atoms with Crippen LogP contribution in [0.25, 0.3) is 43.1 Å². The molecule has 0 aliphatic carbocycles. The van der Waals surface area contributed by atoms with Crippen molar-refractivity contribution in [1.29, 1.82) is 0 Å². The van der Waals surface area contributed by atoms with Crippen molar-refractivity contribution >= 4 is 135 Å². The molecule has 22 nitrogen and oxygen atoms in total. The minimum Gasteiger partial charge on any atom is -0.505 e. The van der Waals surface area contributed by atoms with Crippen LogP contribution in [0.15, 0.2) is 196 Å². The molecule has 0 saturated heterocycles. The van der Waals surface area contributed by atoms with Crippen molar-refractivity contribution in [3.63, 3.8) is 0 Å². The first-order valence-electron chi connectivity index (χ1n) is 20.7. The number of nitrogen functional groups attached to an aromatic ring is 1. The molecule has 0 bridgehead atoms. The summed E-state index contributed by atoms with van der Waals surface area (Å²) in [7, 11) is -19.4. The molecule has 0 radical (unpaired) electrons. The van der Waals surface area contributed by atoms with Crippen LogP contribution in [0.5, 0.6) is 5.75 Å². The molecule has 0 heterocycles. The van der Waals surface area contributed by atoms with Gasteiger partial charge in [0.15, 0.2) is 5.75 Å². The van der Waals surface area contributed by atoms with Crippen molar-refractivity contribution < 1.29 is 61.8 Å². The van der Waals surface area contributed by atoms with Gasteiger partial charge in [0.25, 0.3) is 46.4 Å². The summed E-state index contributed by atoms with van der Waals surface area (Å²) in [5, 5.41) is 40.5. The lowest BCUT2D eigenvalue weighted by molar-refractivity contribution is 0.102. The second-order valence-corrected chi connectivity index (χ2v) is 21.5. The standard InChI is InChI=1S/C47H32N8O14S4/c48-28-7-4-25(5-8-28)47(57)49-29-9-12-32-27(20-29)6-15-42(46(32)56)54-53-41-19-16-38(33-13-10-31(23-37(33)41)71(61,62)63)50-52-40-18-17-39(34-14-11-30(22-36(34)40)70(58,59)60)51-55-43-24-35-26(21-45(43)73(67,68)69)2-1-3-44(35)72(64,65)66/h1-24,56H,48H2,(H,49,57)(H,58,59,60)(H,61,62,63)(H,64,65,66)(H,67,68,69). The Labute approximate surface area is 412 Å². The second-order valence-electron chi connectivity index (χ2n) is 15.9. The van der Waals surface area contributed by atoms with Crippen molar-refractivity contribution in [3.8, 4) is 5.75 Å². The third kappa shape index (κ3) is 10.3. The van der Waals surface area contributed by atoms with Gasteiger partial charge in [0.1, 0.15) is 21.2 Å². The Balaban J connectivity index is 1.08. The minimum absolute atomic E-state index is 0.00322. The lowest BCUT2D eigenvalue weighted by Gasteiger charge is -2.10. The van der Waals surface area contributed by atoms with Crippen molar-refractivity contribution in [2.24, 2.45) is 30.7 Å². The summed E-state index contributed by atoms with van der Waals surface area (Å²) >= 11 is 0. The zero-order valence-electron chi connectivity index (χ0n) is 36.7. The number of hydrogen-bond acceptors (Lipinski definition) is 17. The maximum Gasteiger partial charge on any atom is 0.296 e. The number of hydrogen-bond donors (Lipinski definition) is 7. The van der Waals surface area contributed by atoms with Gasteiger partial charge in [-0.2, -0.15) is 33.7 Å². The number of anilines is 2. The van der Waals surface area contributed by atoms with Crippen LogP contribution in [0.2, 0.25) is 0 Å². The van der Waals surface area contributed by atoms with E-state index in [0.29, 0.717) is 27.7 Å². The topological polar surface area (TPSA) is 367 Å². The van der Waals surface area contributed by atoms with Crippen LogP contribution < -0.4 is 11.1 Å². The SMILES string of the molecule is Nc1ccc(C(=O)Nc2ccc3c(O)c(N=Nc4ccc(N=Nc5ccc(N=Nc6cc7c(S(=O)(=O)O)cccc7cc6S(=O)(=O)O)c6ccc(S(=O)(=O)O)cc56)c5ccc(S(=O)(=O)O)cc45)ccc3c2)cc1. The van der Waals surface area contributed by atoms with E-state index in [4.69, 9.17) is 5.73 Å². The first-order valence-corrected chi connectivity index (χ1v) is 26.5. The third-order valence-corrected chi connectivity index (χ3v) is 14.6. The number of fused-ring (bicyclic) bond motifs is 4. The summed E-state index contributed by atoms with van der Waals surface area (Å²) in [6.45, 7) is 0. The number of carbonyl (C=O) groups excluding carboxylic acids is 1. The van der Waals surface area contributed by atoms with Gasteiger partial charge in [-0.1, -0.05) is 30.3 Å². The van der Waals surface area contributed by atoms with Gasteiger partial charge in [0, 0.05) is 49.3 Å². The Morgan fingerprint density at radius 1 is 0.411 bits per heavy atom. The zero-order valence-corrected chi connectivity index (χ0v) is 39.9. The molecule has 0 fully saturated rings. The molecule has 368 valence electrons. The van der Waals surface area contributed by atoms with Gasteiger partial charge in [-0.3, -0.25) is 23.0 Å². The van der Waals surface area contributed by atoms with E-state index in [1.165, 1.54) is 54.6 Å². The number of phenolic OH excluding ortho intramolecular Hbond substituents is 1. The number of phenols is 1. The second kappa shape index (κ2) is 18.6. The van der Waals surface area contributed by atoms with E-state index in [-0.39, 0.29) is 72.4 Å². The average Bonchev–Trinajstić information content (AvgIpc) is 3.33. The molecule has 0 aromatic heterocycles. The van der Waals surface area contributed by atoms with E-state index < -0.39 is 65.7 Å². The molecule has 0 unspecified atom stereocenters. The Morgan fingerprint density at radius 2 is 0.877 bits per heavy atom. The van der Waals surface area contributed by atoms with Gasteiger partial charge >= 0.3 is 0 Å². The van der Waals surface area contributed by atoms with E-state index in [1.54, 1.807) is 48.5 Å². The smallest absolute Gasteiger partial charge is 0.296 e. The molecule has 0 aliphatic heterocycles. The Morgan fingerprint density at radius 3 is 1.40 bits per heavy atom. The summed E-state index contributed by atoms with van der Waals surface area (Å²) in [6, 6.07) is 32.1. The summed E-state index contributed by atoms with van der Waals surface area (Å²) in [5.74, 6) is -0.651. The number of nitrogens with zero attached hydrogens (tertiary/aromatic N) is 6. The molecule has 9 rings (SSSR count). The largest absolute Gasteiger partial charge is 0.505 e. The van der Waals surface area contributed by atoms with Crippen molar-refractivity contribution in [1.82, 2.24) is 0 Å². The van der Waals surface area contributed by atoms with Crippen molar-refractivity contribution in [2.45, 2.75) is 19.6 Å². The molecule has 26 heteroatoms. The van der Waals surface area contributed by atoms with E-state index in [9.17, 15) is 61.8 Å². The van der Waals surface area contributed by atoms with Gasteiger partial charge in [0.05, 0.1) is 32.5 Å². The van der Waals surface area contributed by atoms with E-state index in [2.05, 4.69) is 36.0 Å². The van der Waals surface area contributed by atoms with Crippen molar-refractivity contribution in [3.05, 3.63) is 151 Å². The van der Waals surface area contributed by atoms with Crippen LogP contribution in [0, 0.1) is 0 Å². The van der Waals surface area contributed by atoms with Crippen LogP contribution in [0.1, 0.15) is 10.4 Å². The Kier molecular flexibility index (Phi) is 12.6. The number of amides is 1. The maximum absolute atomic E-state index is 12.8. The lowest BCUT2D eigenvalue weighted by atomic mass is 10.1. The molecule has 0 aliphatic rings. The molecule has 0 spiro atoms. The molecule has 1 amide bonds. The van der Waals surface area contributed by atoms with Gasteiger partial charge in [-0.15, -0.1) is 30.7 Å². The highest BCUT2D eigenvalue weighted by Gasteiger charge is 2.22. The molecule has 0 saturated carbocycles. The van der Waals surface area contributed by atoms with Crippen LogP contribution in [0.4, 0.5) is 45.5 Å². The predicted molar refractivity (Wildman–Crippen MR) is 268 cm³/mol. The number of azo groups is 3. The molecular formula is C47H32N8O14S4. The van der Waals surface area contributed by atoms with Crippen LogP contribution >= 0.6 is 0 Å². The molecule has 8 N–H and O–H groups in total. The molecular weight excluding hydrogens is 1030 g/mol. The fourth-order valence-corrected chi connectivity index (χ4v) is 10.0. The van der Waals surface area contributed by atoms with E-state index in [1.807, 2.05) is 0 Å². The summed E-state index contributed by atoms with van der Waals surface area (Å²) in [4.78, 5) is 10.3. The summed E-state index contributed by atoms with van der Waals surface area (Å²) < 4.78 is 138. The number of nitrogens with two attached hydrogens (primary N) is 1. The number of benzene rings is 9. The fourth-order valence-electron chi connectivity index (χ4n) is 7.66. The highest BCUT2D eigenvalue weighted by Crippen LogP contribution is 2.42. The third-order valence-electron chi connectivity index (χ3n) is 11.2. The van der Waals surface area contributed by atoms with Gasteiger partial charge in [-0.25, -0.2) is 0 Å². The Bertz CT molecular complexity index is 4400. The minimum atomic E-state index is -5.01. The molecule has 9 aromatic rings. The van der Waals surface area contributed by atoms with Crippen LogP contribution in [-0.2, 0) is 40.5 Å². The number of aromatic hydroxyl groups is 1. The van der Waals surface area contributed by atoms with Gasteiger partial charge in [0.2, 0.25) is 0 Å². The quantitative estimate of drug-likeness (QED) is 0.0340. The zero-order chi connectivity index (χ0) is 52.2. The summed E-state index contributed by atoms with van der Waals surface area (Å²) in [6.07, 6.45) is 0. The maximum atomic E-state index is 12.8. The molecule has 0 atom stereocenters. The van der Waals surface area contributed by atoms with E-state index in [0.717, 1.165) is 42.5 Å². The number of carbonyl (C=O) groups is 1. The number of nitrogens with one attached hydrogen (secondary N) is 1. The van der Waals surface area contributed by atoms with Gasteiger partial charge < -0.3 is 16.2 Å². The molecule has 9 aromatic carbocycles. The number of rotatable bonds is 12. The normalized spacial score (nSPS) is 12.8. The predicted octanol–water partition coefficient (Wildman–Crippen LogP) is 11.1.